The summed E-state index contributed by atoms with van der Waals surface area (Å²) < 4.78 is 7.84. The van der Waals surface area contributed by atoms with Crippen molar-refractivity contribution in [2.45, 2.75) is 51.2 Å². The first-order chi connectivity index (χ1) is 9.13. The smallest absolute Gasteiger partial charge is 0.0888 e. The lowest BCUT2D eigenvalue weighted by Crippen LogP contribution is -2.48. The van der Waals surface area contributed by atoms with Gasteiger partial charge in [-0.15, -0.1) is 5.10 Å². The van der Waals surface area contributed by atoms with Crippen molar-refractivity contribution >= 4 is 0 Å². The Balaban J connectivity index is 2.28. The van der Waals surface area contributed by atoms with E-state index >= 15 is 0 Å². The fraction of sp³-hybridized carbons (Fsp3) is 0.857. The molecule has 1 aliphatic carbocycles. The second-order valence-corrected chi connectivity index (χ2v) is 5.72. The van der Waals surface area contributed by atoms with Crippen LogP contribution in [0, 0.1) is 5.92 Å². The number of hydrogen-bond acceptors (Lipinski definition) is 4. The average Bonchev–Trinajstić information content (AvgIpc) is 2.84. The van der Waals surface area contributed by atoms with Gasteiger partial charge >= 0.3 is 0 Å². The predicted octanol–water partition coefficient (Wildman–Crippen LogP) is 2.06. The van der Waals surface area contributed by atoms with Crippen molar-refractivity contribution in [3.8, 4) is 0 Å². The zero-order valence-electron chi connectivity index (χ0n) is 12.5. The van der Waals surface area contributed by atoms with Crippen LogP contribution >= 0.6 is 0 Å². The van der Waals surface area contributed by atoms with Crippen molar-refractivity contribution in [1.29, 1.82) is 0 Å². The zero-order chi connectivity index (χ0) is 13.9. The van der Waals surface area contributed by atoms with Gasteiger partial charge in [-0.2, -0.15) is 0 Å². The first-order valence-corrected chi connectivity index (χ1v) is 7.26. The maximum absolute atomic E-state index is 5.99. The molecule has 1 atom stereocenters. The summed E-state index contributed by atoms with van der Waals surface area (Å²) in [6.07, 6.45) is 6.48. The molecule has 0 spiro atoms. The lowest BCUT2D eigenvalue weighted by Gasteiger charge is -2.44. The number of nitrogens with one attached hydrogen (secondary N) is 1. The molecule has 0 aromatic carbocycles. The van der Waals surface area contributed by atoms with E-state index in [9.17, 15) is 0 Å². The van der Waals surface area contributed by atoms with Crippen molar-refractivity contribution < 1.29 is 4.74 Å². The van der Waals surface area contributed by atoms with Crippen LogP contribution in [0.25, 0.3) is 0 Å². The summed E-state index contributed by atoms with van der Waals surface area (Å²) in [5, 5.41) is 11.7. The molecule has 0 bridgehead atoms. The second kappa shape index (κ2) is 6.01. The molecule has 2 rings (SSSR count). The lowest BCUT2D eigenvalue weighted by molar-refractivity contribution is -0.0774. The number of rotatable bonds is 5. The van der Waals surface area contributed by atoms with Crippen molar-refractivity contribution in [2.75, 3.05) is 13.7 Å². The molecular formula is C14H26N4O. The van der Waals surface area contributed by atoms with Gasteiger partial charge in [-0.05, 0) is 38.1 Å². The number of hydrogen-bond donors (Lipinski definition) is 1. The minimum atomic E-state index is -0.127. The van der Waals surface area contributed by atoms with Crippen molar-refractivity contribution in [3.05, 3.63) is 11.9 Å². The zero-order valence-corrected chi connectivity index (χ0v) is 12.5. The molecule has 0 amide bonds. The van der Waals surface area contributed by atoms with Crippen molar-refractivity contribution in [1.82, 2.24) is 20.3 Å². The maximum atomic E-state index is 5.99. The Kier molecular flexibility index (Phi) is 4.58. The van der Waals surface area contributed by atoms with E-state index in [0.717, 1.165) is 31.0 Å². The van der Waals surface area contributed by atoms with Gasteiger partial charge < -0.3 is 10.1 Å². The third-order valence-corrected chi connectivity index (χ3v) is 4.51. The number of methoxy groups -OCH3 is 1. The Morgan fingerprint density at radius 1 is 1.53 bits per heavy atom. The van der Waals surface area contributed by atoms with E-state index in [-0.39, 0.29) is 11.6 Å². The van der Waals surface area contributed by atoms with Gasteiger partial charge in [-0.1, -0.05) is 19.1 Å². The monoisotopic (exact) mass is 266 g/mol. The summed E-state index contributed by atoms with van der Waals surface area (Å²) >= 11 is 0. The first kappa shape index (κ1) is 14.5. The quantitative estimate of drug-likeness (QED) is 0.886. The highest BCUT2D eigenvalue weighted by molar-refractivity contribution is 5.11. The molecule has 0 saturated heterocycles. The fourth-order valence-electron chi connectivity index (χ4n) is 3.18. The largest absolute Gasteiger partial charge is 0.376 e. The molecule has 1 N–H and O–H groups in total. The van der Waals surface area contributed by atoms with Gasteiger partial charge in [0, 0.05) is 14.2 Å². The Morgan fingerprint density at radius 2 is 2.21 bits per heavy atom. The molecule has 5 heteroatoms. The predicted molar refractivity (Wildman–Crippen MR) is 74.8 cm³/mol. The highest BCUT2D eigenvalue weighted by atomic mass is 16.5. The van der Waals surface area contributed by atoms with Gasteiger partial charge in [0.1, 0.15) is 0 Å². The Morgan fingerprint density at radius 3 is 2.68 bits per heavy atom. The summed E-state index contributed by atoms with van der Waals surface area (Å²) in [6.45, 7) is 5.37. The lowest BCUT2D eigenvalue weighted by atomic mass is 9.74. The molecular weight excluding hydrogens is 240 g/mol. The van der Waals surface area contributed by atoms with Crippen LogP contribution < -0.4 is 5.32 Å². The highest BCUT2D eigenvalue weighted by Crippen LogP contribution is 2.42. The molecule has 1 fully saturated rings. The third-order valence-electron chi connectivity index (χ3n) is 4.51. The fourth-order valence-corrected chi connectivity index (χ4v) is 3.18. The van der Waals surface area contributed by atoms with Gasteiger partial charge in [-0.25, -0.2) is 0 Å². The summed E-state index contributed by atoms with van der Waals surface area (Å²) in [6, 6.07) is 0.162. The highest BCUT2D eigenvalue weighted by Gasteiger charge is 2.43. The summed E-state index contributed by atoms with van der Waals surface area (Å²) in [4.78, 5) is 0. The molecule has 5 nitrogen and oxygen atoms in total. The summed E-state index contributed by atoms with van der Waals surface area (Å²) in [5.74, 6) is 0.801. The minimum Gasteiger partial charge on any atom is -0.376 e. The number of aromatic nitrogens is 3. The molecule has 1 unspecified atom stereocenters. The number of nitrogens with zero attached hydrogens (tertiary/aromatic N) is 3. The van der Waals surface area contributed by atoms with Crippen LogP contribution in [0.2, 0.25) is 0 Å². The standard InChI is InChI=1S/C14H26N4O/c1-5-15-13(12-10-16-17-18(12)3)14(19-4)8-6-11(2)7-9-14/h10-11,13,15H,5-9H2,1-4H3. The third kappa shape index (κ3) is 2.82. The number of ether oxygens (including phenoxy) is 1. The van der Waals surface area contributed by atoms with Crippen LogP contribution in [0.15, 0.2) is 6.20 Å². The van der Waals surface area contributed by atoms with Gasteiger partial charge in [-0.3, -0.25) is 4.68 Å². The van der Waals surface area contributed by atoms with Crippen LogP contribution in [0.4, 0.5) is 0 Å². The number of aryl methyl sites for hydroxylation is 1. The number of likely N-dealkylation sites (N-methyl/N-ethyl adjacent to an activating group) is 1. The van der Waals surface area contributed by atoms with E-state index in [0.29, 0.717) is 0 Å². The molecule has 1 heterocycles. The van der Waals surface area contributed by atoms with E-state index in [2.05, 4.69) is 29.5 Å². The first-order valence-electron chi connectivity index (χ1n) is 7.26. The van der Waals surface area contributed by atoms with Crippen LogP contribution in [0.5, 0.6) is 0 Å². The van der Waals surface area contributed by atoms with E-state index in [4.69, 9.17) is 4.74 Å². The van der Waals surface area contributed by atoms with E-state index in [1.165, 1.54) is 12.8 Å². The Bertz CT molecular complexity index is 396. The van der Waals surface area contributed by atoms with E-state index < -0.39 is 0 Å². The van der Waals surface area contributed by atoms with Crippen molar-refractivity contribution in [2.24, 2.45) is 13.0 Å². The Hall–Kier alpha value is -0.940. The van der Waals surface area contributed by atoms with Crippen molar-refractivity contribution in [3.63, 3.8) is 0 Å². The second-order valence-electron chi connectivity index (χ2n) is 5.72. The van der Waals surface area contributed by atoms with E-state index in [1.54, 1.807) is 0 Å². The van der Waals surface area contributed by atoms with Crippen LogP contribution in [-0.2, 0) is 11.8 Å². The topological polar surface area (TPSA) is 52.0 Å². The van der Waals surface area contributed by atoms with E-state index in [1.807, 2.05) is 25.0 Å². The molecule has 1 aliphatic rings. The van der Waals surface area contributed by atoms with Gasteiger partial charge in [0.25, 0.3) is 0 Å². The maximum Gasteiger partial charge on any atom is 0.0888 e. The van der Waals surface area contributed by atoms with Crippen LogP contribution in [-0.4, -0.2) is 34.2 Å². The molecule has 0 aliphatic heterocycles. The molecule has 0 radical (unpaired) electrons. The van der Waals surface area contributed by atoms with Crippen LogP contribution in [0.3, 0.4) is 0 Å². The molecule has 1 aromatic heterocycles. The summed E-state index contributed by atoms with van der Waals surface area (Å²) in [5.41, 5.74) is 0.983. The van der Waals surface area contributed by atoms with Gasteiger partial charge in [0.05, 0.1) is 23.5 Å². The van der Waals surface area contributed by atoms with Crippen LogP contribution in [0.1, 0.15) is 51.3 Å². The molecule has 1 saturated carbocycles. The summed E-state index contributed by atoms with van der Waals surface area (Å²) in [7, 11) is 3.78. The molecule has 19 heavy (non-hydrogen) atoms. The SMILES string of the molecule is CCNC(c1cnnn1C)C1(OC)CCC(C)CC1. The normalized spacial score (nSPS) is 29.4. The van der Waals surface area contributed by atoms with Gasteiger partial charge in [0.2, 0.25) is 0 Å². The molecule has 108 valence electrons. The minimum absolute atomic E-state index is 0.127. The molecule has 1 aromatic rings. The average molecular weight is 266 g/mol. The van der Waals surface area contributed by atoms with Gasteiger partial charge in [0.15, 0.2) is 0 Å². The Labute approximate surface area is 115 Å².